The van der Waals surface area contributed by atoms with Crippen molar-refractivity contribution < 1.29 is 9.47 Å². The highest BCUT2D eigenvalue weighted by Crippen LogP contribution is 2.14. The Morgan fingerprint density at radius 3 is 2.80 bits per heavy atom. The Morgan fingerprint density at radius 2 is 2.03 bits per heavy atom. The second kappa shape index (κ2) is 14.3. The van der Waals surface area contributed by atoms with E-state index >= 15 is 0 Å². The van der Waals surface area contributed by atoms with Crippen molar-refractivity contribution in [3.63, 3.8) is 0 Å². The Hall–Kier alpha value is -1.72. The first kappa shape index (κ1) is 24.5. The number of para-hydroxylation sites is 1. The van der Waals surface area contributed by atoms with Crippen molar-refractivity contribution in [2.45, 2.75) is 32.7 Å². The number of aromatic nitrogens is 3. The van der Waals surface area contributed by atoms with E-state index in [1.165, 1.54) is 0 Å². The van der Waals surface area contributed by atoms with Crippen molar-refractivity contribution in [2.75, 3.05) is 39.5 Å². The van der Waals surface area contributed by atoms with Gasteiger partial charge in [-0.1, -0.05) is 18.2 Å². The highest BCUT2D eigenvalue weighted by Gasteiger charge is 2.13. The molecule has 9 heteroatoms. The molecular weight excluding hydrogens is 495 g/mol. The fourth-order valence-electron chi connectivity index (χ4n) is 3.21. The van der Waals surface area contributed by atoms with Crippen LogP contribution in [-0.4, -0.2) is 60.2 Å². The van der Waals surface area contributed by atoms with Crippen molar-refractivity contribution in [1.82, 2.24) is 25.4 Å². The maximum absolute atomic E-state index is 5.82. The highest BCUT2D eigenvalue weighted by atomic mass is 127. The molecule has 1 aromatic heterocycles. The van der Waals surface area contributed by atoms with E-state index in [0.717, 1.165) is 76.3 Å². The summed E-state index contributed by atoms with van der Waals surface area (Å²) in [7, 11) is 0. The summed E-state index contributed by atoms with van der Waals surface area (Å²) in [5, 5.41) is 14.9. The lowest BCUT2D eigenvalue weighted by Gasteiger charge is -2.21. The average Bonchev–Trinajstić information content (AvgIpc) is 3.24. The summed E-state index contributed by atoms with van der Waals surface area (Å²) < 4.78 is 13.2. The van der Waals surface area contributed by atoms with Crippen LogP contribution in [0.4, 0.5) is 0 Å². The van der Waals surface area contributed by atoms with E-state index in [4.69, 9.17) is 9.47 Å². The largest absolute Gasteiger partial charge is 0.381 e. The Balaban J connectivity index is 0.00000320. The average molecular weight is 528 g/mol. The lowest BCUT2D eigenvalue weighted by molar-refractivity contribution is 0.0203. The van der Waals surface area contributed by atoms with Gasteiger partial charge in [-0.15, -0.1) is 34.2 Å². The third-order valence-electron chi connectivity index (χ3n) is 4.83. The molecule has 2 heterocycles. The van der Waals surface area contributed by atoms with Crippen LogP contribution in [0, 0.1) is 5.92 Å². The fourth-order valence-corrected chi connectivity index (χ4v) is 3.21. The molecule has 1 saturated heterocycles. The zero-order valence-electron chi connectivity index (χ0n) is 17.6. The third kappa shape index (κ3) is 8.19. The lowest BCUT2D eigenvalue weighted by Crippen LogP contribution is -2.38. The van der Waals surface area contributed by atoms with Crippen LogP contribution in [0.2, 0.25) is 0 Å². The summed E-state index contributed by atoms with van der Waals surface area (Å²) in [5.41, 5.74) is 1.03. The summed E-state index contributed by atoms with van der Waals surface area (Å²) in [5.74, 6) is 2.23. The predicted octanol–water partition coefficient (Wildman–Crippen LogP) is 2.77. The lowest BCUT2D eigenvalue weighted by atomic mass is 10.0. The number of guanidine groups is 1. The third-order valence-corrected chi connectivity index (χ3v) is 4.83. The molecule has 3 rings (SSSR count). The molecule has 2 N–H and O–H groups in total. The zero-order valence-corrected chi connectivity index (χ0v) is 20.0. The van der Waals surface area contributed by atoms with Gasteiger partial charge in [0.15, 0.2) is 11.8 Å². The molecule has 8 nitrogen and oxygen atoms in total. The molecule has 0 radical (unpaired) electrons. The summed E-state index contributed by atoms with van der Waals surface area (Å²) in [6.07, 6.45) is 4.89. The van der Waals surface area contributed by atoms with E-state index in [1.54, 1.807) is 6.33 Å². The number of nitrogens with zero attached hydrogens (tertiary/aromatic N) is 4. The minimum absolute atomic E-state index is 0. The van der Waals surface area contributed by atoms with Gasteiger partial charge in [-0.25, -0.2) is 4.99 Å². The topological polar surface area (TPSA) is 85.6 Å². The number of halogens is 1. The molecule has 1 aliphatic heterocycles. The summed E-state index contributed by atoms with van der Waals surface area (Å²) in [6.45, 7) is 7.46. The molecule has 2 aromatic rings. The van der Waals surface area contributed by atoms with E-state index in [9.17, 15) is 0 Å². The second-order valence-corrected chi connectivity index (χ2v) is 7.06. The van der Waals surface area contributed by atoms with Gasteiger partial charge in [0, 0.05) is 45.2 Å². The van der Waals surface area contributed by atoms with Gasteiger partial charge in [0.05, 0.1) is 0 Å². The molecule has 0 amide bonds. The molecule has 1 aliphatic rings. The van der Waals surface area contributed by atoms with Gasteiger partial charge >= 0.3 is 0 Å². The summed E-state index contributed by atoms with van der Waals surface area (Å²) in [4.78, 5) is 4.65. The van der Waals surface area contributed by atoms with Crippen LogP contribution in [0.3, 0.4) is 0 Å². The highest BCUT2D eigenvalue weighted by molar-refractivity contribution is 14.0. The number of benzene rings is 1. The van der Waals surface area contributed by atoms with E-state index < -0.39 is 0 Å². The fraction of sp³-hybridized carbons (Fsp3) is 0.571. The molecule has 0 atom stereocenters. The van der Waals surface area contributed by atoms with Gasteiger partial charge in [-0.2, -0.15) is 0 Å². The zero-order chi connectivity index (χ0) is 20.2. The number of hydrogen-bond donors (Lipinski definition) is 2. The number of aliphatic imine (C=N–C) groups is 1. The van der Waals surface area contributed by atoms with Gasteiger partial charge < -0.3 is 20.1 Å². The molecule has 0 spiro atoms. The van der Waals surface area contributed by atoms with Gasteiger partial charge in [-0.3, -0.25) is 4.57 Å². The molecule has 1 aromatic carbocycles. The standard InChI is InChI=1S/C21H32N6O2.HI/c1-2-22-21(23-11-6-12-29-16-18-9-13-28-14-10-18)24-15-20-26-25-17-27(20)19-7-4-3-5-8-19;/h3-5,7-8,17-18H,2,6,9-16H2,1H3,(H2,22,23,24);1H. The molecule has 166 valence electrons. The first-order valence-electron chi connectivity index (χ1n) is 10.5. The molecule has 0 bridgehead atoms. The maximum atomic E-state index is 5.82. The molecular formula is C21H33IN6O2. The Morgan fingerprint density at radius 1 is 1.23 bits per heavy atom. The van der Waals surface area contributed by atoms with Crippen LogP contribution in [-0.2, 0) is 16.0 Å². The Labute approximate surface area is 195 Å². The number of ether oxygens (including phenoxy) is 2. The Bertz CT molecular complexity index is 734. The van der Waals surface area contributed by atoms with E-state index in [0.29, 0.717) is 12.5 Å². The predicted molar refractivity (Wildman–Crippen MR) is 129 cm³/mol. The van der Waals surface area contributed by atoms with Crippen LogP contribution in [0.5, 0.6) is 0 Å². The van der Waals surface area contributed by atoms with Crippen LogP contribution in [0.25, 0.3) is 5.69 Å². The van der Waals surface area contributed by atoms with E-state index in [-0.39, 0.29) is 24.0 Å². The van der Waals surface area contributed by atoms with E-state index in [2.05, 4.69) is 32.7 Å². The molecule has 0 aliphatic carbocycles. The quantitative estimate of drug-likeness (QED) is 0.214. The van der Waals surface area contributed by atoms with Crippen LogP contribution in [0.1, 0.15) is 32.0 Å². The van der Waals surface area contributed by atoms with Crippen molar-refractivity contribution in [2.24, 2.45) is 10.9 Å². The van der Waals surface area contributed by atoms with Crippen molar-refractivity contribution in [3.05, 3.63) is 42.5 Å². The minimum atomic E-state index is 0. The number of rotatable bonds is 10. The summed E-state index contributed by atoms with van der Waals surface area (Å²) >= 11 is 0. The van der Waals surface area contributed by atoms with Gasteiger partial charge in [-0.05, 0) is 44.2 Å². The first-order chi connectivity index (χ1) is 14.4. The Kier molecular flexibility index (Phi) is 11.7. The van der Waals surface area contributed by atoms with Crippen molar-refractivity contribution in [3.8, 4) is 5.69 Å². The number of nitrogens with one attached hydrogen (secondary N) is 2. The van der Waals surface area contributed by atoms with Gasteiger partial charge in [0.25, 0.3) is 0 Å². The second-order valence-electron chi connectivity index (χ2n) is 7.06. The normalized spacial score (nSPS) is 14.9. The van der Waals surface area contributed by atoms with Crippen LogP contribution < -0.4 is 10.6 Å². The van der Waals surface area contributed by atoms with Crippen molar-refractivity contribution in [1.29, 1.82) is 0 Å². The minimum Gasteiger partial charge on any atom is -0.381 e. The van der Waals surface area contributed by atoms with Crippen molar-refractivity contribution >= 4 is 29.9 Å². The first-order valence-corrected chi connectivity index (χ1v) is 10.5. The monoisotopic (exact) mass is 528 g/mol. The molecule has 1 fully saturated rings. The van der Waals surface area contributed by atoms with Gasteiger partial charge in [0.1, 0.15) is 12.9 Å². The van der Waals surface area contributed by atoms with E-state index in [1.807, 2.05) is 34.9 Å². The van der Waals surface area contributed by atoms with Gasteiger partial charge in [0.2, 0.25) is 0 Å². The maximum Gasteiger partial charge on any atom is 0.191 e. The molecule has 30 heavy (non-hydrogen) atoms. The SMILES string of the molecule is CCNC(=NCc1nncn1-c1ccccc1)NCCCOCC1CCOCC1.I. The smallest absolute Gasteiger partial charge is 0.191 e. The van der Waals surface area contributed by atoms with Crippen LogP contribution in [0.15, 0.2) is 41.7 Å². The van der Waals surface area contributed by atoms with Crippen LogP contribution >= 0.6 is 24.0 Å². The number of hydrogen-bond acceptors (Lipinski definition) is 5. The summed E-state index contributed by atoms with van der Waals surface area (Å²) in [6, 6.07) is 10.0. The molecule has 0 saturated carbocycles. The molecule has 0 unspecified atom stereocenters.